The highest BCUT2D eigenvalue weighted by molar-refractivity contribution is 7.16. The number of amides is 1. The van der Waals surface area contributed by atoms with Gasteiger partial charge in [-0.05, 0) is 36.8 Å². The Labute approximate surface area is 189 Å². The van der Waals surface area contributed by atoms with Crippen molar-refractivity contribution < 1.29 is 9.90 Å². The van der Waals surface area contributed by atoms with Gasteiger partial charge >= 0.3 is 0 Å². The lowest BCUT2D eigenvalue weighted by Gasteiger charge is -2.04. The van der Waals surface area contributed by atoms with Crippen LogP contribution in [0.4, 0.5) is 0 Å². The third-order valence-electron chi connectivity index (χ3n) is 4.13. The lowest BCUT2D eigenvalue weighted by Crippen LogP contribution is -2.34. The number of nitrogens with zero attached hydrogens (tertiary/aromatic N) is 2. The molecule has 3 heterocycles. The fourth-order valence-electron chi connectivity index (χ4n) is 2.60. The molecule has 1 aromatic carbocycles. The normalized spacial score (nSPS) is 13.6. The topological polar surface area (TPSA) is 110 Å². The average Bonchev–Trinajstić information content (AvgIpc) is 3.48. The Hall–Kier alpha value is -2.63. The SMILES string of the molecule is C/C(=N\NC(=O)c1ccc(C2=NNNN2)s1)c1csc(-c2ccc(Cl)c(Cl)c2)c1O. The summed E-state index contributed by atoms with van der Waals surface area (Å²) in [5, 5.41) is 21.4. The first kappa shape index (κ1) is 20.6. The first-order valence-electron chi connectivity index (χ1n) is 8.49. The molecule has 1 amide bonds. The summed E-state index contributed by atoms with van der Waals surface area (Å²) >= 11 is 14.6. The summed E-state index contributed by atoms with van der Waals surface area (Å²) in [6.07, 6.45) is 0. The molecule has 0 radical (unpaired) electrons. The van der Waals surface area contributed by atoms with E-state index >= 15 is 0 Å². The second-order valence-electron chi connectivity index (χ2n) is 6.08. The van der Waals surface area contributed by atoms with Crippen molar-refractivity contribution in [3.05, 3.63) is 61.1 Å². The number of benzene rings is 1. The van der Waals surface area contributed by atoms with Gasteiger partial charge in [0.05, 0.1) is 36.0 Å². The second-order valence-corrected chi connectivity index (χ2v) is 8.86. The van der Waals surface area contributed by atoms with Crippen LogP contribution in [-0.2, 0) is 0 Å². The largest absolute Gasteiger partial charge is 0.506 e. The summed E-state index contributed by atoms with van der Waals surface area (Å²) in [6, 6.07) is 8.61. The zero-order valence-electron chi connectivity index (χ0n) is 15.3. The Morgan fingerprint density at radius 2 is 2.07 bits per heavy atom. The quantitative estimate of drug-likeness (QED) is 0.280. The standard InChI is InChI=1S/C18H14Cl2N6O2S2/c1-8(10-7-29-16(15(10)27)9-2-3-11(19)12(20)6-9)21-24-18(28)14-5-4-13(30-14)17-22-25-26-23-17/h2-7,25-27H,1H3,(H,22,23)(H,24,28)/b21-8+. The van der Waals surface area contributed by atoms with E-state index in [1.54, 1.807) is 42.6 Å². The van der Waals surface area contributed by atoms with Crippen LogP contribution in [0.2, 0.25) is 10.0 Å². The molecule has 3 aromatic rings. The summed E-state index contributed by atoms with van der Waals surface area (Å²) in [5.74, 6) is 0.305. The van der Waals surface area contributed by atoms with Crippen LogP contribution in [0.1, 0.15) is 27.0 Å². The maximum atomic E-state index is 12.4. The van der Waals surface area contributed by atoms with Gasteiger partial charge in [0, 0.05) is 5.38 Å². The number of amidine groups is 1. The molecule has 0 fully saturated rings. The minimum atomic E-state index is -0.357. The summed E-state index contributed by atoms with van der Waals surface area (Å²) in [5.41, 5.74) is 12.3. The first-order valence-corrected chi connectivity index (χ1v) is 10.9. The fourth-order valence-corrected chi connectivity index (χ4v) is 4.74. The molecule has 0 saturated carbocycles. The number of halogens is 2. The van der Waals surface area contributed by atoms with E-state index in [-0.39, 0.29) is 11.7 Å². The van der Waals surface area contributed by atoms with E-state index in [4.69, 9.17) is 23.2 Å². The molecule has 0 atom stereocenters. The van der Waals surface area contributed by atoms with Crippen LogP contribution in [0.5, 0.6) is 5.75 Å². The predicted molar refractivity (Wildman–Crippen MR) is 121 cm³/mol. The van der Waals surface area contributed by atoms with E-state index in [0.717, 1.165) is 10.4 Å². The number of carbonyl (C=O) groups excluding carboxylic acids is 1. The van der Waals surface area contributed by atoms with E-state index in [1.165, 1.54) is 22.7 Å². The first-order chi connectivity index (χ1) is 14.4. The molecule has 0 saturated heterocycles. The monoisotopic (exact) mass is 480 g/mol. The smallest absolute Gasteiger partial charge is 0.281 e. The summed E-state index contributed by atoms with van der Waals surface area (Å²) in [7, 11) is 0. The Bertz CT molecular complexity index is 1190. The Balaban J connectivity index is 1.49. The lowest BCUT2D eigenvalue weighted by molar-refractivity contribution is 0.0959. The van der Waals surface area contributed by atoms with Gasteiger partial charge in [0.15, 0.2) is 5.84 Å². The van der Waals surface area contributed by atoms with Gasteiger partial charge in [-0.25, -0.2) is 11.0 Å². The van der Waals surface area contributed by atoms with Crippen molar-refractivity contribution in [2.75, 3.05) is 0 Å². The molecule has 5 N–H and O–H groups in total. The number of hydrazine groups is 2. The van der Waals surface area contributed by atoms with Crippen molar-refractivity contribution in [1.29, 1.82) is 0 Å². The molecule has 1 aliphatic heterocycles. The van der Waals surface area contributed by atoms with Crippen molar-refractivity contribution >= 4 is 63.3 Å². The predicted octanol–water partition coefficient (Wildman–Crippen LogP) is 3.92. The Morgan fingerprint density at radius 3 is 2.80 bits per heavy atom. The van der Waals surface area contributed by atoms with Gasteiger partial charge in [0.1, 0.15) is 5.75 Å². The van der Waals surface area contributed by atoms with Gasteiger partial charge in [-0.15, -0.1) is 33.3 Å². The van der Waals surface area contributed by atoms with Gasteiger partial charge in [0.25, 0.3) is 5.91 Å². The molecule has 30 heavy (non-hydrogen) atoms. The molecule has 4 rings (SSSR count). The van der Waals surface area contributed by atoms with Crippen LogP contribution < -0.4 is 21.9 Å². The van der Waals surface area contributed by atoms with Gasteiger partial charge in [-0.2, -0.15) is 5.10 Å². The number of hydrazone groups is 2. The average molecular weight is 481 g/mol. The fraction of sp³-hybridized carbons (Fsp3) is 0.0556. The maximum absolute atomic E-state index is 12.4. The highest BCUT2D eigenvalue weighted by Gasteiger charge is 2.17. The van der Waals surface area contributed by atoms with Crippen molar-refractivity contribution in [2.45, 2.75) is 6.92 Å². The minimum Gasteiger partial charge on any atom is -0.506 e. The van der Waals surface area contributed by atoms with Gasteiger partial charge in [-0.3, -0.25) is 10.2 Å². The minimum absolute atomic E-state index is 0.0672. The second kappa shape index (κ2) is 8.62. The van der Waals surface area contributed by atoms with Crippen LogP contribution in [0.25, 0.3) is 10.4 Å². The number of carbonyl (C=O) groups is 1. The van der Waals surface area contributed by atoms with Crippen molar-refractivity contribution in [3.63, 3.8) is 0 Å². The van der Waals surface area contributed by atoms with E-state index in [2.05, 4.69) is 32.1 Å². The molecule has 1 aliphatic rings. The van der Waals surface area contributed by atoms with Crippen LogP contribution in [0, 0.1) is 0 Å². The number of hydrogen-bond donors (Lipinski definition) is 5. The molecule has 0 spiro atoms. The summed E-state index contributed by atoms with van der Waals surface area (Å²) < 4.78 is 0. The number of hydrogen-bond acceptors (Lipinski definition) is 9. The number of aromatic hydroxyl groups is 1. The molecular weight excluding hydrogens is 467 g/mol. The number of nitrogens with one attached hydrogen (secondary N) is 4. The molecule has 8 nitrogen and oxygen atoms in total. The van der Waals surface area contributed by atoms with Gasteiger partial charge < -0.3 is 5.11 Å². The molecule has 2 aromatic heterocycles. The maximum Gasteiger partial charge on any atom is 0.281 e. The van der Waals surface area contributed by atoms with Gasteiger partial charge in [0.2, 0.25) is 0 Å². The van der Waals surface area contributed by atoms with Crippen molar-refractivity contribution in [2.24, 2.45) is 10.2 Å². The summed E-state index contributed by atoms with van der Waals surface area (Å²) in [4.78, 5) is 14.3. The highest BCUT2D eigenvalue weighted by atomic mass is 35.5. The zero-order valence-corrected chi connectivity index (χ0v) is 18.4. The number of rotatable bonds is 5. The van der Waals surface area contributed by atoms with Crippen LogP contribution in [-0.4, -0.2) is 22.6 Å². The highest BCUT2D eigenvalue weighted by Crippen LogP contribution is 2.40. The van der Waals surface area contributed by atoms with Crippen molar-refractivity contribution in [3.8, 4) is 16.2 Å². The number of thiophene rings is 2. The van der Waals surface area contributed by atoms with E-state index in [0.29, 0.717) is 36.9 Å². The van der Waals surface area contributed by atoms with Crippen LogP contribution in [0.3, 0.4) is 0 Å². The third-order valence-corrected chi connectivity index (χ3v) is 6.98. The lowest BCUT2D eigenvalue weighted by atomic mass is 10.1. The molecule has 0 bridgehead atoms. The van der Waals surface area contributed by atoms with Crippen LogP contribution in [0.15, 0.2) is 45.9 Å². The van der Waals surface area contributed by atoms with Crippen LogP contribution >= 0.6 is 45.9 Å². The zero-order chi connectivity index (χ0) is 21.3. The third kappa shape index (κ3) is 4.13. The Kier molecular flexibility index (Phi) is 5.93. The summed E-state index contributed by atoms with van der Waals surface area (Å²) in [6.45, 7) is 1.70. The molecule has 0 unspecified atom stereocenters. The van der Waals surface area contributed by atoms with Gasteiger partial charge in [-0.1, -0.05) is 29.3 Å². The van der Waals surface area contributed by atoms with Crippen molar-refractivity contribution in [1.82, 2.24) is 21.9 Å². The Morgan fingerprint density at radius 1 is 1.23 bits per heavy atom. The van der Waals surface area contributed by atoms with E-state index in [1.807, 2.05) is 0 Å². The molecule has 0 aliphatic carbocycles. The molecular formula is C18H14Cl2N6O2S2. The van der Waals surface area contributed by atoms with E-state index in [9.17, 15) is 9.90 Å². The van der Waals surface area contributed by atoms with E-state index < -0.39 is 0 Å². The molecule has 154 valence electrons. The molecule has 12 heteroatoms.